The first-order chi connectivity index (χ1) is 10.1. The van der Waals surface area contributed by atoms with Crippen LogP contribution in [0, 0.1) is 13.8 Å². The van der Waals surface area contributed by atoms with Gasteiger partial charge in [0.15, 0.2) is 6.10 Å². The summed E-state index contributed by atoms with van der Waals surface area (Å²) in [5, 5.41) is 6.07. The fraction of sp³-hybridized carbons (Fsp3) is 0.250. The zero-order chi connectivity index (χ0) is 14.8. The topological polar surface area (TPSA) is 63.2 Å². The van der Waals surface area contributed by atoms with E-state index in [0.29, 0.717) is 18.0 Å². The predicted molar refractivity (Wildman–Crippen MR) is 81.7 cm³/mol. The molecule has 1 atom stereocenters. The maximum atomic E-state index is 12.3. The first-order valence-corrected chi connectivity index (χ1v) is 6.88. The molecular formula is C16H17N3O2. The van der Waals surface area contributed by atoms with E-state index >= 15 is 0 Å². The first-order valence-electron chi connectivity index (χ1n) is 6.88. The number of benzene rings is 1. The van der Waals surface area contributed by atoms with Gasteiger partial charge in [-0.05, 0) is 38.1 Å². The Hall–Kier alpha value is -2.56. The molecule has 1 aliphatic rings. The van der Waals surface area contributed by atoms with E-state index in [1.165, 1.54) is 0 Å². The molecule has 2 heterocycles. The number of aromatic nitrogens is 1. The molecule has 1 unspecified atom stereocenters. The molecule has 0 radical (unpaired) electrons. The lowest BCUT2D eigenvalue weighted by atomic mass is 10.2. The summed E-state index contributed by atoms with van der Waals surface area (Å²) >= 11 is 0. The van der Waals surface area contributed by atoms with Gasteiger partial charge < -0.3 is 15.4 Å². The van der Waals surface area contributed by atoms with E-state index in [1.54, 1.807) is 0 Å². The molecule has 1 aromatic heterocycles. The van der Waals surface area contributed by atoms with Gasteiger partial charge in [0.05, 0.1) is 23.6 Å². The number of aryl methyl sites for hydroxylation is 2. The minimum Gasteiger partial charge on any atom is -0.477 e. The van der Waals surface area contributed by atoms with Crippen LogP contribution >= 0.6 is 0 Å². The predicted octanol–water partition coefficient (Wildman–Crippen LogP) is 2.51. The summed E-state index contributed by atoms with van der Waals surface area (Å²) in [6.07, 6.45) is -0.555. The molecule has 5 nitrogen and oxygen atoms in total. The normalized spacial score (nSPS) is 16.4. The molecule has 0 saturated heterocycles. The number of nitrogens with one attached hydrogen (secondary N) is 2. The highest BCUT2D eigenvalue weighted by Gasteiger charge is 2.26. The number of fused-ring (bicyclic) bond motifs is 1. The van der Waals surface area contributed by atoms with Crippen molar-refractivity contribution in [2.75, 3.05) is 17.2 Å². The number of rotatable bonds is 2. The fourth-order valence-corrected chi connectivity index (χ4v) is 2.29. The van der Waals surface area contributed by atoms with Crippen LogP contribution in [-0.4, -0.2) is 23.5 Å². The molecule has 2 aromatic rings. The van der Waals surface area contributed by atoms with E-state index in [2.05, 4.69) is 15.6 Å². The number of pyridine rings is 1. The van der Waals surface area contributed by atoms with Gasteiger partial charge >= 0.3 is 0 Å². The summed E-state index contributed by atoms with van der Waals surface area (Å²) in [6, 6.07) is 11.3. The molecule has 21 heavy (non-hydrogen) atoms. The van der Waals surface area contributed by atoms with Crippen LogP contribution in [0.4, 0.5) is 11.4 Å². The second-order valence-electron chi connectivity index (χ2n) is 5.06. The summed E-state index contributed by atoms with van der Waals surface area (Å²) in [5.41, 5.74) is 3.35. The minimum atomic E-state index is -0.555. The van der Waals surface area contributed by atoms with E-state index in [9.17, 15) is 4.79 Å². The zero-order valence-corrected chi connectivity index (χ0v) is 12.0. The number of nitrogens with zero attached hydrogens (tertiary/aromatic N) is 1. The van der Waals surface area contributed by atoms with E-state index in [0.717, 1.165) is 17.1 Å². The van der Waals surface area contributed by atoms with Crippen molar-refractivity contribution in [3.8, 4) is 5.75 Å². The third-order valence-electron chi connectivity index (χ3n) is 3.41. The van der Waals surface area contributed by atoms with Crippen molar-refractivity contribution < 1.29 is 9.53 Å². The average Bonchev–Trinajstić information content (AvgIpc) is 2.49. The maximum absolute atomic E-state index is 12.3. The summed E-state index contributed by atoms with van der Waals surface area (Å²) in [5.74, 6) is 0.522. The van der Waals surface area contributed by atoms with Crippen molar-refractivity contribution in [2.24, 2.45) is 0 Å². The number of carbonyl (C=O) groups excluding carboxylic acids is 1. The Morgan fingerprint density at radius 3 is 2.90 bits per heavy atom. The third-order valence-corrected chi connectivity index (χ3v) is 3.41. The largest absolute Gasteiger partial charge is 0.477 e. The molecule has 3 rings (SSSR count). The fourth-order valence-electron chi connectivity index (χ4n) is 2.29. The Labute approximate surface area is 123 Å². The number of amides is 1. The van der Waals surface area contributed by atoms with Gasteiger partial charge in [-0.15, -0.1) is 0 Å². The van der Waals surface area contributed by atoms with Crippen LogP contribution in [0.1, 0.15) is 11.4 Å². The number of hydrogen-bond acceptors (Lipinski definition) is 4. The quantitative estimate of drug-likeness (QED) is 0.889. The van der Waals surface area contributed by atoms with Crippen LogP contribution < -0.4 is 15.4 Å². The second-order valence-corrected chi connectivity index (χ2v) is 5.06. The molecule has 108 valence electrons. The van der Waals surface area contributed by atoms with Crippen LogP contribution in [0.5, 0.6) is 5.75 Å². The average molecular weight is 283 g/mol. The van der Waals surface area contributed by atoms with Crippen molar-refractivity contribution in [1.82, 2.24) is 4.98 Å². The Morgan fingerprint density at radius 1 is 1.29 bits per heavy atom. The minimum absolute atomic E-state index is 0.175. The number of hydrogen-bond donors (Lipinski definition) is 2. The highest BCUT2D eigenvalue weighted by atomic mass is 16.5. The van der Waals surface area contributed by atoms with Gasteiger partial charge in [-0.25, -0.2) is 0 Å². The summed E-state index contributed by atoms with van der Waals surface area (Å²) < 4.78 is 5.73. The van der Waals surface area contributed by atoms with Gasteiger partial charge in [0, 0.05) is 5.69 Å². The Kier molecular flexibility index (Phi) is 3.48. The van der Waals surface area contributed by atoms with Crippen LogP contribution in [0.25, 0.3) is 0 Å². The van der Waals surface area contributed by atoms with Crippen LogP contribution in [0.2, 0.25) is 0 Å². The standard InChI is InChI=1S/C16H17N3O2/c1-10-7-8-12(11(2)18-10)19-16(20)15-9-17-13-5-3-4-6-14(13)21-15/h3-8,15,17H,9H2,1-2H3,(H,19,20). The number of para-hydroxylation sites is 2. The molecule has 0 aliphatic carbocycles. The molecular weight excluding hydrogens is 266 g/mol. The molecule has 1 aliphatic heterocycles. The van der Waals surface area contributed by atoms with E-state index < -0.39 is 6.10 Å². The molecule has 0 spiro atoms. The number of anilines is 2. The Morgan fingerprint density at radius 2 is 2.10 bits per heavy atom. The van der Waals surface area contributed by atoms with E-state index in [4.69, 9.17) is 4.74 Å². The Bertz CT molecular complexity index is 685. The first kappa shape index (κ1) is 13.4. The van der Waals surface area contributed by atoms with Crippen LogP contribution in [0.3, 0.4) is 0 Å². The SMILES string of the molecule is Cc1ccc(NC(=O)C2CNc3ccccc3O2)c(C)n1. The molecule has 5 heteroatoms. The molecule has 0 saturated carbocycles. The van der Waals surface area contributed by atoms with Gasteiger partial charge in [-0.2, -0.15) is 0 Å². The molecule has 0 fully saturated rings. The lowest BCUT2D eigenvalue weighted by molar-refractivity contribution is -0.122. The van der Waals surface area contributed by atoms with Gasteiger partial charge in [-0.3, -0.25) is 9.78 Å². The van der Waals surface area contributed by atoms with Crippen molar-refractivity contribution in [2.45, 2.75) is 20.0 Å². The number of carbonyl (C=O) groups is 1. The Balaban J connectivity index is 1.72. The van der Waals surface area contributed by atoms with Gasteiger partial charge in [0.2, 0.25) is 0 Å². The molecule has 2 N–H and O–H groups in total. The number of ether oxygens (including phenoxy) is 1. The molecule has 1 amide bonds. The highest BCUT2D eigenvalue weighted by Crippen LogP contribution is 2.28. The lowest BCUT2D eigenvalue weighted by Crippen LogP contribution is -2.41. The third kappa shape index (κ3) is 2.81. The van der Waals surface area contributed by atoms with Crippen molar-refractivity contribution in [3.63, 3.8) is 0 Å². The van der Waals surface area contributed by atoms with Crippen LogP contribution in [-0.2, 0) is 4.79 Å². The second kappa shape index (κ2) is 5.44. The van der Waals surface area contributed by atoms with Gasteiger partial charge in [-0.1, -0.05) is 12.1 Å². The van der Waals surface area contributed by atoms with E-state index in [-0.39, 0.29) is 5.91 Å². The van der Waals surface area contributed by atoms with Crippen molar-refractivity contribution in [3.05, 3.63) is 47.8 Å². The maximum Gasteiger partial charge on any atom is 0.267 e. The summed E-state index contributed by atoms with van der Waals surface area (Å²) in [6.45, 7) is 4.24. The van der Waals surface area contributed by atoms with Crippen molar-refractivity contribution in [1.29, 1.82) is 0 Å². The van der Waals surface area contributed by atoms with Gasteiger partial charge in [0.1, 0.15) is 5.75 Å². The van der Waals surface area contributed by atoms with Crippen LogP contribution in [0.15, 0.2) is 36.4 Å². The molecule has 0 bridgehead atoms. The van der Waals surface area contributed by atoms with Crippen molar-refractivity contribution >= 4 is 17.3 Å². The molecule has 1 aromatic carbocycles. The van der Waals surface area contributed by atoms with Gasteiger partial charge in [0.25, 0.3) is 5.91 Å². The smallest absolute Gasteiger partial charge is 0.267 e. The lowest BCUT2D eigenvalue weighted by Gasteiger charge is -2.26. The highest BCUT2D eigenvalue weighted by molar-refractivity contribution is 5.95. The summed E-state index contributed by atoms with van der Waals surface area (Å²) in [4.78, 5) is 16.6. The monoisotopic (exact) mass is 283 g/mol. The van der Waals surface area contributed by atoms with E-state index in [1.807, 2.05) is 50.2 Å². The zero-order valence-electron chi connectivity index (χ0n) is 12.0. The summed E-state index contributed by atoms with van der Waals surface area (Å²) in [7, 11) is 0.